The van der Waals surface area contributed by atoms with Gasteiger partial charge in [0.2, 0.25) is 10.0 Å². The van der Waals surface area contributed by atoms with E-state index in [1.165, 1.54) is 11.3 Å². The molecule has 1 heterocycles. The molecule has 0 bridgehead atoms. The summed E-state index contributed by atoms with van der Waals surface area (Å²) in [5.41, 5.74) is 0. The van der Waals surface area contributed by atoms with Crippen LogP contribution < -0.4 is 4.72 Å². The molecule has 0 aliphatic rings. The van der Waals surface area contributed by atoms with Crippen molar-refractivity contribution in [1.29, 1.82) is 0 Å². The number of unbranched alkanes of at least 4 members (excludes halogenated alkanes) is 1. The highest BCUT2D eigenvalue weighted by atomic mass is 127. The quantitative estimate of drug-likeness (QED) is 0.454. The van der Waals surface area contributed by atoms with E-state index in [2.05, 4.69) is 27.3 Å². The molecule has 0 aromatic carbocycles. The van der Waals surface area contributed by atoms with Gasteiger partial charge in [-0.05, 0) is 35.8 Å². The van der Waals surface area contributed by atoms with E-state index >= 15 is 0 Å². The van der Waals surface area contributed by atoms with Gasteiger partial charge in [-0.25, -0.2) is 13.1 Å². The largest absolute Gasteiger partial charge is 0.250 e. The van der Waals surface area contributed by atoms with Gasteiger partial charge in [-0.15, -0.1) is 11.3 Å². The first-order valence-corrected chi connectivity index (χ1v) is 9.07. The van der Waals surface area contributed by atoms with Crippen molar-refractivity contribution in [3.05, 3.63) is 17.0 Å². The van der Waals surface area contributed by atoms with E-state index in [0.717, 1.165) is 28.6 Å². The smallest absolute Gasteiger partial charge is 0.210 e. The van der Waals surface area contributed by atoms with Crippen molar-refractivity contribution in [1.82, 2.24) is 4.72 Å². The fraction of sp³-hybridized carbons (Fsp3) is 0.600. The fourth-order valence-electron chi connectivity index (χ4n) is 1.19. The van der Waals surface area contributed by atoms with Crippen LogP contribution in [0.3, 0.4) is 0 Å². The Morgan fingerprint density at radius 1 is 1.38 bits per heavy atom. The van der Waals surface area contributed by atoms with Gasteiger partial charge in [-0.2, -0.15) is 0 Å². The summed E-state index contributed by atoms with van der Waals surface area (Å²) in [5.74, 6) is 0. The molecule has 1 rings (SSSR count). The molecule has 0 saturated heterocycles. The Kier molecular flexibility index (Phi) is 6.23. The zero-order valence-corrected chi connectivity index (χ0v) is 13.0. The Bertz CT molecular complexity index is 414. The van der Waals surface area contributed by atoms with Gasteiger partial charge in [-0.3, -0.25) is 0 Å². The molecule has 3 nitrogen and oxygen atoms in total. The molecule has 0 fully saturated rings. The minimum Gasteiger partial charge on any atom is -0.210 e. The van der Waals surface area contributed by atoms with Crippen LogP contribution in [0.15, 0.2) is 16.3 Å². The van der Waals surface area contributed by atoms with E-state index in [9.17, 15) is 8.42 Å². The van der Waals surface area contributed by atoms with Gasteiger partial charge in [-0.1, -0.05) is 29.5 Å². The third-order valence-electron chi connectivity index (χ3n) is 2.10. The SMILES string of the molecule is CCc1ccc(S(=O)(=O)NCCCCI)s1. The standard InChI is InChI=1S/C10H16INO2S2/c1-2-9-5-6-10(15-9)16(13,14)12-8-4-3-7-11/h5-6,12H,2-4,7-8H2,1H3. The minimum atomic E-state index is -3.26. The molecule has 1 aromatic heterocycles. The Hall–Kier alpha value is 0.340. The van der Waals surface area contributed by atoms with Crippen LogP contribution in [-0.2, 0) is 16.4 Å². The molecule has 6 heteroatoms. The molecule has 0 unspecified atom stereocenters. The van der Waals surface area contributed by atoms with Gasteiger partial charge < -0.3 is 0 Å². The maximum absolute atomic E-state index is 11.8. The van der Waals surface area contributed by atoms with E-state index in [1.807, 2.05) is 13.0 Å². The van der Waals surface area contributed by atoms with Crippen LogP contribution in [0.1, 0.15) is 24.6 Å². The number of rotatable bonds is 7. The van der Waals surface area contributed by atoms with Gasteiger partial charge in [0.05, 0.1) is 0 Å². The number of aryl methyl sites for hydroxylation is 1. The number of halogens is 1. The van der Waals surface area contributed by atoms with Crippen LogP contribution in [0.25, 0.3) is 0 Å². The van der Waals surface area contributed by atoms with Crippen LogP contribution in [0.2, 0.25) is 0 Å². The molecule has 0 aliphatic heterocycles. The topological polar surface area (TPSA) is 46.2 Å². The second-order valence-electron chi connectivity index (χ2n) is 3.37. The van der Waals surface area contributed by atoms with E-state index in [0.29, 0.717) is 10.8 Å². The summed E-state index contributed by atoms with van der Waals surface area (Å²) in [6, 6.07) is 3.56. The van der Waals surface area contributed by atoms with Gasteiger partial charge in [0.25, 0.3) is 0 Å². The Labute approximate surface area is 115 Å². The number of sulfonamides is 1. The Morgan fingerprint density at radius 2 is 2.12 bits per heavy atom. The van der Waals surface area contributed by atoms with E-state index in [-0.39, 0.29) is 0 Å². The Balaban J connectivity index is 2.56. The monoisotopic (exact) mass is 373 g/mol. The average Bonchev–Trinajstić information content (AvgIpc) is 2.73. The second kappa shape index (κ2) is 6.93. The van der Waals surface area contributed by atoms with Gasteiger partial charge in [0, 0.05) is 11.4 Å². The molecule has 0 amide bonds. The van der Waals surface area contributed by atoms with Crippen LogP contribution >= 0.6 is 33.9 Å². The lowest BCUT2D eigenvalue weighted by Gasteiger charge is -2.03. The van der Waals surface area contributed by atoms with Gasteiger partial charge in [0.1, 0.15) is 4.21 Å². The number of alkyl halides is 1. The fourth-order valence-corrected chi connectivity index (χ4v) is 4.14. The summed E-state index contributed by atoms with van der Waals surface area (Å²) in [6.07, 6.45) is 2.83. The number of thiophene rings is 1. The number of nitrogens with one attached hydrogen (secondary N) is 1. The summed E-state index contributed by atoms with van der Waals surface area (Å²) in [5, 5.41) is 0. The molecule has 16 heavy (non-hydrogen) atoms. The van der Waals surface area contributed by atoms with E-state index in [4.69, 9.17) is 0 Å². The third kappa shape index (κ3) is 4.31. The van der Waals surface area contributed by atoms with Gasteiger partial charge >= 0.3 is 0 Å². The zero-order chi connectivity index (χ0) is 12.0. The highest BCUT2D eigenvalue weighted by molar-refractivity contribution is 14.1. The summed E-state index contributed by atoms with van der Waals surface area (Å²) < 4.78 is 27.8. The van der Waals surface area contributed by atoms with Gasteiger partial charge in [0.15, 0.2) is 0 Å². The van der Waals surface area contributed by atoms with Crippen molar-refractivity contribution < 1.29 is 8.42 Å². The number of hydrogen-bond donors (Lipinski definition) is 1. The van der Waals surface area contributed by atoms with Crippen molar-refractivity contribution in [2.24, 2.45) is 0 Å². The second-order valence-corrected chi connectivity index (χ2v) is 7.61. The molecular weight excluding hydrogens is 357 g/mol. The van der Waals surface area contributed by atoms with E-state index < -0.39 is 10.0 Å². The average molecular weight is 373 g/mol. The minimum absolute atomic E-state index is 0.429. The predicted octanol–water partition coefficient (Wildman–Crippen LogP) is 2.80. The van der Waals surface area contributed by atoms with E-state index in [1.54, 1.807) is 6.07 Å². The lowest BCUT2D eigenvalue weighted by molar-refractivity contribution is 0.581. The molecule has 0 saturated carbocycles. The number of hydrogen-bond acceptors (Lipinski definition) is 3. The summed E-state index contributed by atoms with van der Waals surface area (Å²) in [6.45, 7) is 2.56. The molecule has 92 valence electrons. The van der Waals surface area contributed by atoms with Crippen molar-refractivity contribution in [2.75, 3.05) is 11.0 Å². The van der Waals surface area contributed by atoms with Crippen LogP contribution in [0.5, 0.6) is 0 Å². The third-order valence-corrected chi connectivity index (χ3v) is 6.05. The maximum atomic E-state index is 11.8. The molecular formula is C10H16INO2S2. The van der Waals surface area contributed by atoms with Crippen molar-refractivity contribution in [3.63, 3.8) is 0 Å². The highest BCUT2D eigenvalue weighted by Crippen LogP contribution is 2.21. The first-order valence-electron chi connectivity index (χ1n) is 5.24. The van der Waals surface area contributed by atoms with Crippen molar-refractivity contribution >= 4 is 44.0 Å². The maximum Gasteiger partial charge on any atom is 0.250 e. The molecule has 0 atom stereocenters. The lowest BCUT2D eigenvalue weighted by atomic mass is 10.3. The van der Waals surface area contributed by atoms with Crippen LogP contribution in [-0.4, -0.2) is 19.4 Å². The van der Waals surface area contributed by atoms with Crippen molar-refractivity contribution in [2.45, 2.75) is 30.4 Å². The first-order chi connectivity index (χ1) is 7.60. The highest BCUT2D eigenvalue weighted by Gasteiger charge is 2.15. The molecule has 0 aliphatic carbocycles. The molecule has 0 radical (unpaired) electrons. The van der Waals surface area contributed by atoms with Crippen LogP contribution in [0, 0.1) is 0 Å². The zero-order valence-electron chi connectivity index (χ0n) is 9.20. The summed E-state index contributed by atoms with van der Waals surface area (Å²) >= 11 is 3.64. The summed E-state index contributed by atoms with van der Waals surface area (Å²) in [4.78, 5) is 1.10. The molecule has 0 spiro atoms. The Morgan fingerprint density at radius 3 is 2.69 bits per heavy atom. The van der Waals surface area contributed by atoms with Crippen molar-refractivity contribution in [3.8, 4) is 0 Å². The molecule has 1 aromatic rings. The summed E-state index contributed by atoms with van der Waals surface area (Å²) in [7, 11) is -3.26. The predicted molar refractivity (Wildman–Crippen MR) is 77.0 cm³/mol. The molecule has 1 N–H and O–H groups in total. The lowest BCUT2D eigenvalue weighted by Crippen LogP contribution is -2.24. The first kappa shape index (κ1) is 14.4. The normalized spacial score (nSPS) is 11.9. The van der Waals surface area contributed by atoms with Crippen LogP contribution in [0.4, 0.5) is 0 Å².